The molecule has 6 heteroatoms. The van der Waals surface area contributed by atoms with Crippen molar-refractivity contribution in [2.75, 3.05) is 0 Å². The van der Waals surface area contributed by atoms with E-state index >= 15 is 0 Å². The van der Waals surface area contributed by atoms with E-state index in [4.69, 9.17) is 5.41 Å². The summed E-state index contributed by atoms with van der Waals surface area (Å²) in [5, 5.41) is 20.4. The molecule has 0 aliphatic rings. The third-order valence-electron chi connectivity index (χ3n) is 2.61. The van der Waals surface area contributed by atoms with Crippen molar-refractivity contribution in [2.45, 2.75) is 13.8 Å². The Morgan fingerprint density at radius 2 is 2.12 bits per heavy atom. The molecule has 0 radical (unpaired) electrons. The van der Waals surface area contributed by atoms with E-state index in [0.29, 0.717) is 5.69 Å². The molecule has 1 heterocycles. The highest BCUT2D eigenvalue weighted by atomic mass is 16.5. The summed E-state index contributed by atoms with van der Waals surface area (Å²) < 4.78 is 5.69. The van der Waals surface area contributed by atoms with E-state index in [1.54, 1.807) is 12.1 Å². The Labute approximate surface area is 96.6 Å². The normalized spacial score (nSPS) is 10.5. The van der Waals surface area contributed by atoms with Crippen molar-refractivity contribution in [1.82, 2.24) is 5.27 Å². The molecular formula is C11H11N3O3. The number of nitrogens with one attached hydrogen (secondary N) is 2. The second-order valence-corrected chi connectivity index (χ2v) is 3.76. The first-order chi connectivity index (χ1) is 8.00. The number of aromatic nitrogens is 2. The topological polar surface area (TPSA) is 96.8 Å². The molecule has 0 bridgehead atoms. The van der Waals surface area contributed by atoms with Gasteiger partial charge in [-0.05, 0) is 34.9 Å². The summed E-state index contributed by atoms with van der Waals surface area (Å²) in [4.78, 5) is 11.2. The molecule has 0 amide bonds. The molecule has 0 saturated carbocycles. The summed E-state index contributed by atoms with van der Waals surface area (Å²) in [7, 11) is 0. The van der Waals surface area contributed by atoms with Crippen LogP contribution in [0.1, 0.15) is 16.8 Å². The van der Waals surface area contributed by atoms with Gasteiger partial charge in [0.15, 0.2) is 0 Å². The standard InChI is InChI=1S/C11H11N3O3/c1-6-3-4-8(5-7(6)2)14-9(10(12)15)11(16)17-13-14/h3-5H,1-2H3,(H2-,12,13,15,16). The van der Waals surface area contributed by atoms with Crippen LogP contribution in [-0.2, 0) is 0 Å². The van der Waals surface area contributed by atoms with Crippen LogP contribution in [0.15, 0.2) is 27.5 Å². The maximum Gasteiger partial charge on any atom is 0.436 e. The van der Waals surface area contributed by atoms with E-state index in [1.807, 2.05) is 19.9 Å². The number of benzene rings is 1. The summed E-state index contributed by atoms with van der Waals surface area (Å²) in [6, 6.07) is 5.40. The van der Waals surface area contributed by atoms with Crippen molar-refractivity contribution in [2.24, 2.45) is 0 Å². The monoisotopic (exact) mass is 233 g/mol. The zero-order valence-electron chi connectivity index (χ0n) is 9.40. The maximum absolute atomic E-state index is 11.2. The first kappa shape index (κ1) is 11.1. The lowest BCUT2D eigenvalue weighted by Crippen LogP contribution is -2.44. The van der Waals surface area contributed by atoms with E-state index in [9.17, 15) is 9.90 Å². The number of aromatic amines is 1. The summed E-state index contributed by atoms with van der Waals surface area (Å²) >= 11 is 0. The summed E-state index contributed by atoms with van der Waals surface area (Å²) in [5.41, 5.74) is 1.51. The molecule has 2 rings (SSSR count). The fraction of sp³-hybridized carbons (Fsp3) is 0.182. The largest absolute Gasteiger partial charge is 0.854 e. The predicted octanol–water partition coefficient (Wildman–Crippen LogP) is -0.453. The molecule has 6 nitrogen and oxygen atoms in total. The highest BCUT2D eigenvalue weighted by Crippen LogP contribution is 2.09. The number of rotatable bonds is 2. The van der Waals surface area contributed by atoms with Crippen LogP contribution < -0.4 is 15.4 Å². The van der Waals surface area contributed by atoms with Gasteiger partial charge in [0.25, 0.3) is 0 Å². The molecule has 1 aromatic carbocycles. The van der Waals surface area contributed by atoms with Gasteiger partial charge in [-0.2, -0.15) is 0 Å². The number of nitrogens with zero attached hydrogens (tertiary/aromatic N) is 1. The zero-order chi connectivity index (χ0) is 12.6. The van der Waals surface area contributed by atoms with Gasteiger partial charge < -0.3 is 10.5 Å². The van der Waals surface area contributed by atoms with Crippen LogP contribution in [0.4, 0.5) is 0 Å². The molecule has 17 heavy (non-hydrogen) atoms. The quantitative estimate of drug-likeness (QED) is 0.417. The van der Waals surface area contributed by atoms with Crippen molar-refractivity contribution in [3.8, 4) is 5.69 Å². The third-order valence-corrected chi connectivity index (χ3v) is 2.61. The van der Waals surface area contributed by atoms with E-state index in [0.717, 1.165) is 11.1 Å². The van der Waals surface area contributed by atoms with Crippen molar-refractivity contribution >= 4 is 5.90 Å². The number of hydrogen-bond acceptors (Lipinski definition) is 4. The summed E-state index contributed by atoms with van der Waals surface area (Å²) in [6.45, 7) is 3.87. The number of hydrogen-bond donors (Lipinski definition) is 2. The molecule has 88 valence electrons. The Morgan fingerprint density at radius 1 is 1.41 bits per heavy atom. The minimum atomic E-state index is -1.08. The molecule has 2 N–H and O–H groups in total. The second kappa shape index (κ2) is 3.89. The third kappa shape index (κ3) is 1.84. The lowest BCUT2D eigenvalue weighted by molar-refractivity contribution is -0.673. The number of aryl methyl sites for hydroxylation is 2. The van der Waals surface area contributed by atoms with Crippen LogP contribution in [0.25, 0.3) is 5.69 Å². The van der Waals surface area contributed by atoms with Crippen LogP contribution in [0.2, 0.25) is 0 Å². The van der Waals surface area contributed by atoms with Crippen molar-refractivity contribution in [1.29, 1.82) is 5.41 Å². The fourth-order valence-corrected chi connectivity index (χ4v) is 1.51. The molecule has 0 spiro atoms. The van der Waals surface area contributed by atoms with Gasteiger partial charge in [0.2, 0.25) is 5.69 Å². The van der Waals surface area contributed by atoms with Crippen LogP contribution in [-0.4, -0.2) is 11.2 Å². The maximum atomic E-state index is 11.2. The van der Waals surface area contributed by atoms with Gasteiger partial charge in [0.1, 0.15) is 0 Å². The minimum absolute atomic E-state index is 0.340. The highest BCUT2D eigenvalue weighted by Gasteiger charge is 2.23. The van der Waals surface area contributed by atoms with Crippen molar-refractivity contribution in [3.05, 3.63) is 45.4 Å². The Kier molecular flexibility index (Phi) is 2.55. The predicted molar refractivity (Wildman–Crippen MR) is 57.2 cm³/mol. The zero-order valence-corrected chi connectivity index (χ0v) is 9.40. The van der Waals surface area contributed by atoms with Crippen molar-refractivity contribution < 1.29 is 14.3 Å². The number of H-pyrrole nitrogens is 1. The first-order valence-electron chi connectivity index (χ1n) is 4.98. The minimum Gasteiger partial charge on any atom is -0.854 e. The van der Waals surface area contributed by atoms with Gasteiger partial charge in [0.05, 0.1) is 5.90 Å². The van der Waals surface area contributed by atoms with E-state index in [1.165, 1.54) is 4.68 Å². The van der Waals surface area contributed by atoms with Gasteiger partial charge in [-0.1, -0.05) is 6.07 Å². The lowest BCUT2D eigenvalue weighted by Gasteiger charge is -2.01. The van der Waals surface area contributed by atoms with E-state index in [-0.39, 0.29) is 5.69 Å². The molecular weight excluding hydrogens is 222 g/mol. The van der Waals surface area contributed by atoms with Crippen LogP contribution in [0.3, 0.4) is 0 Å². The Balaban J connectivity index is 2.65. The smallest absolute Gasteiger partial charge is 0.436 e. The van der Waals surface area contributed by atoms with Gasteiger partial charge >= 0.3 is 11.3 Å². The average Bonchev–Trinajstić information content (AvgIpc) is 2.64. The van der Waals surface area contributed by atoms with Crippen LogP contribution in [0, 0.1) is 19.3 Å². The Bertz CT molecular complexity index is 640. The second-order valence-electron chi connectivity index (χ2n) is 3.76. The SMILES string of the molecule is Cc1ccc(-[n+]2[nH]oc(=O)c2C(=N)[O-])cc1C. The fourth-order valence-electron chi connectivity index (χ4n) is 1.51. The van der Waals surface area contributed by atoms with Crippen molar-refractivity contribution in [3.63, 3.8) is 0 Å². The molecule has 0 aliphatic heterocycles. The molecule has 0 unspecified atom stereocenters. The van der Waals surface area contributed by atoms with Gasteiger partial charge in [-0.25, -0.2) is 4.79 Å². The van der Waals surface area contributed by atoms with E-state index < -0.39 is 11.5 Å². The molecule has 0 atom stereocenters. The molecule has 1 aromatic heterocycles. The summed E-state index contributed by atoms with van der Waals surface area (Å²) in [5.74, 6) is -1.08. The molecule has 0 fully saturated rings. The van der Waals surface area contributed by atoms with Gasteiger partial charge in [-0.15, -0.1) is 0 Å². The first-order valence-corrected chi connectivity index (χ1v) is 4.98. The Morgan fingerprint density at radius 3 is 2.71 bits per heavy atom. The highest BCUT2D eigenvalue weighted by molar-refractivity contribution is 5.83. The van der Waals surface area contributed by atoms with Gasteiger partial charge in [0, 0.05) is 12.1 Å². The van der Waals surface area contributed by atoms with Gasteiger partial charge in [-0.3, -0.25) is 4.52 Å². The Hall–Kier alpha value is -2.37. The average molecular weight is 233 g/mol. The van der Waals surface area contributed by atoms with Crippen LogP contribution in [0.5, 0.6) is 0 Å². The molecule has 0 saturated heterocycles. The summed E-state index contributed by atoms with van der Waals surface area (Å²) in [6.07, 6.45) is 0. The molecule has 0 aliphatic carbocycles. The molecule has 2 aromatic rings. The lowest BCUT2D eigenvalue weighted by atomic mass is 10.1. The van der Waals surface area contributed by atoms with Crippen LogP contribution >= 0.6 is 0 Å². The van der Waals surface area contributed by atoms with E-state index in [2.05, 4.69) is 9.79 Å².